The first kappa shape index (κ1) is 15.9. The van der Waals surface area contributed by atoms with Gasteiger partial charge in [0, 0.05) is 31.1 Å². The van der Waals surface area contributed by atoms with Gasteiger partial charge >= 0.3 is 0 Å². The molecule has 1 aliphatic heterocycles. The van der Waals surface area contributed by atoms with E-state index in [1.807, 2.05) is 23.1 Å². The molecule has 0 bridgehead atoms. The average Bonchev–Trinajstić information content (AvgIpc) is 3.16. The molecular weight excluding hydrogens is 310 g/mol. The first-order valence-corrected chi connectivity index (χ1v) is 8.99. The van der Waals surface area contributed by atoms with E-state index in [0.29, 0.717) is 13.0 Å². The van der Waals surface area contributed by atoms with Crippen LogP contribution < -0.4 is 4.90 Å². The molecule has 1 amide bonds. The van der Waals surface area contributed by atoms with Crippen LogP contribution in [-0.2, 0) is 11.3 Å². The van der Waals surface area contributed by atoms with Crippen LogP contribution in [0.1, 0.15) is 37.1 Å². The fourth-order valence-corrected chi connectivity index (χ4v) is 3.79. The number of para-hydroxylation sites is 2. The van der Waals surface area contributed by atoms with E-state index in [2.05, 4.69) is 48.7 Å². The highest BCUT2D eigenvalue weighted by molar-refractivity contribution is 5.96. The number of hydrogen-bond acceptors (Lipinski definition) is 2. The molecule has 128 valence electrons. The largest absolute Gasteiger partial charge is 0.328 e. The van der Waals surface area contributed by atoms with Crippen LogP contribution in [0.2, 0.25) is 0 Å². The van der Waals surface area contributed by atoms with Gasteiger partial charge in [0.05, 0.1) is 11.0 Å². The summed E-state index contributed by atoms with van der Waals surface area (Å²) in [6.45, 7) is 5.87. The number of aryl methyl sites for hydroxylation is 2. The Bertz CT molecular complexity index is 928. The predicted molar refractivity (Wildman–Crippen MR) is 101 cm³/mol. The zero-order valence-electron chi connectivity index (χ0n) is 14.8. The molecule has 1 unspecified atom stereocenters. The van der Waals surface area contributed by atoms with Gasteiger partial charge in [0.15, 0.2) is 0 Å². The molecular formula is C21H23N3O. The van der Waals surface area contributed by atoms with Crippen molar-refractivity contribution < 1.29 is 4.79 Å². The Kier molecular flexibility index (Phi) is 4.04. The van der Waals surface area contributed by atoms with E-state index >= 15 is 0 Å². The van der Waals surface area contributed by atoms with Crippen molar-refractivity contribution >= 4 is 22.6 Å². The summed E-state index contributed by atoms with van der Waals surface area (Å²) >= 11 is 0. The van der Waals surface area contributed by atoms with Gasteiger partial charge < -0.3 is 9.47 Å². The minimum absolute atomic E-state index is 0.145. The molecule has 2 aromatic carbocycles. The standard InChI is InChI=1S/C21H23N3O/c1-3-11-23-19-10-5-4-9-18(19)22-21(23)16-13-20(25)24(14-16)17-8-6-7-15(2)12-17/h4-10,12,16H,3,11,13-14H2,1-2H3. The summed E-state index contributed by atoms with van der Waals surface area (Å²) in [5, 5.41) is 0. The highest BCUT2D eigenvalue weighted by atomic mass is 16.2. The van der Waals surface area contributed by atoms with Gasteiger partial charge in [0.2, 0.25) is 5.91 Å². The summed E-state index contributed by atoms with van der Waals surface area (Å²) in [6, 6.07) is 16.4. The van der Waals surface area contributed by atoms with Crippen LogP contribution in [0.4, 0.5) is 5.69 Å². The fourth-order valence-electron chi connectivity index (χ4n) is 3.79. The van der Waals surface area contributed by atoms with Gasteiger partial charge in [-0.15, -0.1) is 0 Å². The van der Waals surface area contributed by atoms with Crippen molar-refractivity contribution in [1.29, 1.82) is 0 Å². The molecule has 25 heavy (non-hydrogen) atoms. The van der Waals surface area contributed by atoms with Crippen LogP contribution in [0.15, 0.2) is 48.5 Å². The molecule has 4 heteroatoms. The maximum Gasteiger partial charge on any atom is 0.227 e. The molecule has 0 saturated carbocycles. The van der Waals surface area contributed by atoms with Gasteiger partial charge in [0.25, 0.3) is 0 Å². The quantitative estimate of drug-likeness (QED) is 0.715. The van der Waals surface area contributed by atoms with Gasteiger partial charge in [-0.25, -0.2) is 4.98 Å². The van der Waals surface area contributed by atoms with E-state index in [0.717, 1.165) is 30.0 Å². The number of benzene rings is 2. The molecule has 4 rings (SSSR count). The van der Waals surface area contributed by atoms with Gasteiger partial charge in [-0.05, 0) is 43.2 Å². The summed E-state index contributed by atoms with van der Waals surface area (Å²) in [6.07, 6.45) is 1.58. The third-order valence-electron chi connectivity index (χ3n) is 4.93. The van der Waals surface area contributed by atoms with Crippen molar-refractivity contribution in [2.45, 2.75) is 39.2 Å². The summed E-state index contributed by atoms with van der Waals surface area (Å²) in [4.78, 5) is 19.4. The van der Waals surface area contributed by atoms with Crippen molar-refractivity contribution in [1.82, 2.24) is 9.55 Å². The Labute approximate surface area is 148 Å². The van der Waals surface area contributed by atoms with E-state index in [1.54, 1.807) is 0 Å². The van der Waals surface area contributed by atoms with E-state index in [1.165, 1.54) is 11.1 Å². The van der Waals surface area contributed by atoms with Crippen LogP contribution in [0.5, 0.6) is 0 Å². The highest BCUT2D eigenvalue weighted by Gasteiger charge is 2.34. The van der Waals surface area contributed by atoms with E-state index in [-0.39, 0.29) is 11.8 Å². The van der Waals surface area contributed by atoms with Crippen molar-refractivity contribution in [2.75, 3.05) is 11.4 Å². The Morgan fingerprint density at radius 3 is 2.80 bits per heavy atom. The number of imidazole rings is 1. The highest BCUT2D eigenvalue weighted by Crippen LogP contribution is 2.33. The number of aromatic nitrogens is 2. The molecule has 0 spiro atoms. The Morgan fingerprint density at radius 1 is 1.16 bits per heavy atom. The average molecular weight is 333 g/mol. The fraction of sp³-hybridized carbons (Fsp3) is 0.333. The lowest BCUT2D eigenvalue weighted by Gasteiger charge is -2.18. The zero-order valence-corrected chi connectivity index (χ0v) is 14.8. The Morgan fingerprint density at radius 2 is 2.00 bits per heavy atom. The van der Waals surface area contributed by atoms with Crippen molar-refractivity contribution in [3.05, 3.63) is 59.9 Å². The van der Waals surface area contributed by atoms with Crippen LogP contribution in [-0.4, -0.2) is 22.0 Å². The number of fused-ring (bicyclic) bond motifs is 1. The minimum atomic E-state index is 0.145. The van der Waals surface area contributed by atoms with E-state index in [9.17, 15) is 4.79 Å². The molecule has 0 N–H and O–H groups in total. The number of anilines is 1. The third kappa shape index (κ3) is 2.82. The van der Waals surface area contributed by atoms with Crippen LogP contribution in [0.3, 0.4) is 0 Å². The topological polar surface area (TPSA) is 38.1 Å². The zero-order chi connectivity index (χ0) is 17.4. The van der Waals surface area contributed by atoms with Crippen LogP contribution >= 0.6 is 0 Å². The van der Waals surface area contributed by atoms with Crippen LogP contribution in [0.25, 0.3) is 11.0 Å². The number of amides is 1. The first-order chi connectivity index (χ1) is 12.2. The number of hydrogen-bond donors (Lipinski definition) is 0. The maximum atomic E-state index is 12.6. The lowest BCUT2D eigenvalue weighted by Crippen LogP contribution is -2.24. The SMILES string of the molecule is CCCn1c(C2CC(=O)N(c3cccc(C)c3)C2)nc2ccccc21. The smallest absolute Gasteiger partial charge is 0.227 e. The second kappa shape index (κ2) is 6.36. The molecule has 0 radical (unpaired) electrons. The third-order valence-corrected chi connectivity index (χ3v) is 4.93. The molecule has 1 saturated heterocycles. The van der Waals surface area contributed by atoms with Crippen molar-refractivity contribution in [2.24, 2.45) is 0 Å². The molecule has 1 aromatic heterocycles. The number of rotatable bonds is 4. The second-order valence-electron chi connectivity index (χ2n) is 6.85. The molecule has 1 atom stereocenters. The molecule has 1 fully saturated rings. The van der Waals surface area contributed by atoms with E-state index < -0.39 is 0 Å². The summed E-state index contributed by atoms with van der Waals surface area (Å²) in [7, 11) is 0. The Balaban J connectivity index is 1.70. The van der Waals surface area contributed by atoms with Crippen molar-refractivity contribution in [3.63, 3.8) is 0 Å². The summed E-state index contributed by atoms with van der Waals surface area (Å²) < 4.78 is 2.30. The number of carbonyl (C=O) groups is 1. The van der Waals surface area contributed by atoms with Gasteiger partial charge in [-0.1, -0.05) is 31.2 Å². The first-order valence-electron chi connectivity index (χ1n) is 8.99. The van der Waals surface area contributed by atoms with E-state index in [4.69, 9.17) is 4.98 Å². The van der Waals surface area contributed by atoms with Crippen LogP contribution in [0, 0.1) is 6.92 Å². The Hall–Kier alpha value is -2.62. The van der Waals surface area contributed by atoms with Crippen molar-refractivity contribution in [3.8, 4) is 0 Å². The minimum Gasteiger partial charge on any atom is -0.328 e. The lowest BCUT2D eigenvalue weighted by molar-refractivity contribution is -0.117. The second-order valence-corrected chi connectivity index (χ2v) is 6.85. The molecule has 2 heterocycles. The molecule has 0 aliphatic carbocycles. The maximum absolute atomic E-state index is 12.6. The number of nitrogens with zero attached hydrogens (tertiary/aromatic N) is 3. The molecule has 3 aromatic rings. The monoisotopic (exact) mass is 333 g/mol. The predicted octanol–water partition coefficient (Wildman–Crippen LogP) is 4.28. The normalized spacial score (nSPS) is 17.6. The molecule has 4 nitrogen and oxygen atoms in total. The number of carbonyl (C=O) groups excluding carboxylic acids is 1. The summed E-state index contributed by atoms with van der Waals surface area (Å²) in [5.74, 6) is 1.38. The van der Waals surface area contributed by atoms with Gasteiger partial charge in [0.1, 0.15) is 5.82 Å². The molecule has 1 aliphatic rings. The van der Waals surface area contributed by atoms with Gasteiger partial charge in [-0.3, -0.25) is 4.79 Å². The van der Waals surface area contributed by atoms with Gasteiger partial charge in [-0.2, -0.15) is 0 Å². The lowest BCUT2D eigenvalue weighted by atomic mass is 10.1. The summed E-state index contributed by atoms with van der Waals surface area (Å²) in [5.41, 5.74) is 4.35.